The van der Waals surface area contributed by atoms with Crippen LogP contribution < -0.4 is 0 Å². The van der Waals surface area contributed by atoms with Gasteiger partial charge in [0.05, 0.1) is 0 Å². The maximum Gasteiger partial charge on any atom is 0.323 e. The van der Waals surface area contributed by atoms with Crippen LogP contribution in [0.15, 0.2) is 12.7 Å². The highest BCUT2D eigenvalue weighted by Gasteiger charge is 2.06. The number of carbonyl (C=O) groups is 2. The summed E-state index contributed by atoms with van der Waals surface area (Å²) in [5, 5.41) is 0. The Morgan fingerprint density at radius 1 is 1.31 bits per heavy atom. The van der Waals surface area contributed by atoms with Crippen molar-refractivity contribution in [2.24, 2.45) is 0 Å². The third-order valence-corrected chi connectivity index (χ3v) is 1.48. The molecule has 0 amide bonds. The molecule has 0 aliphatic rings. The molecule has 0 atom stereocenters. The first-order chi connectivity index (χ1) is 6.20. The minimum Gasteiger partial charge on any atom is -0.361 e. The van der Waals surface area contributed by atoms with Crippen molar-refractivity contribution in [3.05, 3.63) is 18.2 Å². The fourth-order valence-electron chi connectivity index (χ4n) is 0.780. The van der Waals surface area contributed by atoms with Gasteiger partial charge < -0.3 is 5.53 Å². The summed E-state index contributed by atoms with van der Waals surface area (Å²) in [7, 11) is 0. The van der Waals surface area contributed by atoms with E-state index in [1.807, 2.05) is 0 Å². The average molecular weight is 180 g/mol. The lowest BCUT2D eigenvalue weighted by molar-refractivity contribution is -0.122. The summed E-state index contributed by atoms with van der Waals surface area (Å²) in [6.45, 7) is 3.48. The summed E-state index contributed by atoms with van der Waals surface area (Å²) < 4.78 is 0. The smallest absolute Gasteiger partial charge is 0.323 e. The second-order valence-electron chi connectivity index (χ2n) is 2.58. The molecule has 4 heteroatoms. The highest BCUT2D eigenvalue weighted by atomic mass is 16.1. The quantitative estimate of drug-likeness (QED) is 0.255. The molecular formula is C9H12N2O2. The zero-order valence-corrected chi connectivity index (χ0v) is 7.40. The minimum atomic E-state index is -0.338. The van der Waals surface area contributed by atoms with Crippen molar-refractivity contribution in [1.29, 1.82) is 0 Å². The van der Waals surface area contributed by atoms with E-state index in [0.717, 1.165) is 6.21 Å². The van der Waals surface area contributed by atoms with Crippen LogP contribution in [0.2, 0.25) is 0 Å². The minimum absolute atomic E-state index is 0.0274. The Hall–Kier alpha value is -1.54. The van der Waals surface area contributed by atoms with Gasteiger partial charge in [0.2, 0.25) is 5.78 Å². The number of hydrogen-bond donors (Lipinski definition) is 0. The zero-order valence-electron chi connectivity index (χ0n) is 7.40. The molecule has 4 nitrogen and oxygen atoms in total. The Balaban J connectivity index is 3.63. The Morgan fingerprint density at radius 2 is 2.00 bits per heavy atom. The normalized spacial score (nSPS) is 8.62. The largest absolute Gasteiger partial charge is 0.361 e. The first-order valence-corrected chi connectivity index (χ1v) is 4.03. The summed E-state index contributed by atoms with van der Waals surface area (Å²) in [5.41, 5.74) is 7.99. The van der Waals surface area contributed by atoms with E-state index in [2.05, 4.69) is 11.4 Å². The highest BCUT2D eigenvalue weighted by molar-refractivity contribution is 6.25. The third kappa shape index (κ3) is 6.84. The predicted molar refractivity (Wildman–Crippen MR) is 48.4 cm³/mol. The number of hydrogen-bond acceptors (Lipinski definition) is 2. The second kappa shape index (κ2) is 7.13. The highest BCUT2D eigenvalue weighted by Crippen LogP contribution is 1.98. The van der Waals surface area contributed by atoms with E-state index in [0.29, 0.717) is 12.8 Å². The number of Topliss-reactive ketones (excluding diaryl/α,β-unsaturated/α-hetero) is 2. The molecule has 0 N–H and O–H groups in total. The standard InChI is InChI=1S/C9H12N2O2/c1-2-3-4-8(12)5-6-9(13)7-11-10/h2,7H,1,3-6H2. The van der Waals surface area contributed by atoms with Gasteiger partial charge in [-0.2, -0.15) is 4.79 Å². The van der Waals surface area contributed by atoms with Crippen LogP contribution >= 0.6 is 0 Å². The van der Waals surface area contributed by atoms with E-state index in [1.165, 1.54) is 0 Å². The number of rotatable bonds is 7. The molecule has 0 saturated carbocycles. The van der Waals surface area contributed by atoms with Crippen LogP contribution in [0.1, 0.15) is 25.7 Å². The van der Waals surface area contributed by atoms with Crippen LogP contribution in [-0.2, 0) is 9.59 Å². The SMILES string of the molecule is C=CCCC(=O)CCC(=O)C=[N+]=[N-]. The molecule has 13 heavy (non-hydrogen) atoms. The molecule has 0 spiro atoms. The lowest BCUT2D eigenvalue weighted by Gasteiger charge is -1.93. The first kappa shape index (κ1) is 11.5. The van der Waals surface area contributed by atoms with Gasteiger partial charge in [0.1, 0.15) is 5.78 Å². The van der Waals surface area contributed by atoms with Crippen molar-refractivity contribution in [1.82, 2.24) is 0 Å². The lowest BCUT2D eigenvalue weighted by atomic mass is 10.1. The monoisotopic (exact) mass is 180 g/mol. The Kier molecular flexibility index (Phi) is 6.28. The number of ketones is 2. The molecular weight excluding hydrogens is 168 g/mol. The molecule has 0 aliphatic heterocycles. The Morgan fingerprint density at radius 3 is 2.54 bits per heavy atom. The second-order valence-corrected chi connectivity index (χ2v) is 2.58. The van der Waals surface area contributed by atoms with Crippen LogP contribution in [0.25, 0.3) is 5.53 Å². The maximum atomic E-state index is 11.0. The number of carbonyl (C=O) groups excluding carboxylic acids is 2. The molecule has 0 aromatic rings. The predicted octanol–water partition coefficient (Wildman–Crippen LogP) is 1.17. The molecule has 0 bridgehead atoms. The van der Waals surface area contributed by atoms with Crippen LogP contribution in [0.4, 0.5) is 0 Å². The van der Waals surface area contributed by atoms with Crippen LogP contribution in [0.5, 0.6) is 0 Å². The van der Waals surface area contributed by atoms with Gasteiger partial charge in [-0.25, -0.2) is 0 Å². The lowest BCUT2D eigenvalue weighted by Crippen LogP contribution is -2.05. The van der Waals surface area contributed by atoms with Crippen LogP contribution in [0, 0.1) is 0 Å². The molecule has 0 rings (SSSR count). The first-order valence-electron chi connectivity index (χ1n) is 4.03. The summed E-state index contributed by atoms with van der Waals surface area (Å²) in [5.74, 6) is -0.311. The molecule has 0 radical (unpaired) electrons. The Bertz CT molecular complexity index is 252. The van der Waals surface area contributed by atoms with Gasteiger partial charge in [0, 0.05) is 19.3 Å². The van der Waals surface area contributed by atoms with Gasteiger partial charge in [-0.3, -0.25) is 9.59 Å². The average Bonchev–Trinajstić information content (AvgIpc) is 2.12. The van der Waals surface area contributed by atoms with Crippen molar-refractivity contribution >= 4 is 17.8 Å². The van der Waals surface area contributed by atoms with Gasteiger partial charge in [-0.15, -0.1) is 6.58 Å². The molecule has 0 unspecified atom stereocenters. The van der Waals surface area contributed by atoms with Gasteiger partial charge in [-0.1, -0.05) is 6.08 Å². The van der Waals surface area contributed by atoms with Gasteiger partial charge in [0.25, 0.3) is 0 Å². The van der Waals surface area contributed by atoms with E-state index in [4.69, 9.17) is 5.53 Å². The summed E-state index contributed by atoms with van der Waals surface area (Å²) in [4.78, 5) is 24.3. The fourth-order valence-corrected chi connectivity index (χ4v) is 0.780. The van der Waals surface area contributed by atoms with E-state index >= 15 is 0 Å². The topological polar surface area (TPSA) is 70.5 Å². The van der Waals surface area contributed by atoms with Gasteiger partial charge in [-0.05, 0) is 6.42 Å². The summed E-state index contributed by atoms with van der Waals surface area (Å²) in [6.07, 6.45) is 3.85. The van der Waals surface area contributed by atoms with Gasteiger partial charge in [0.15, 0.2) is 0 Å². The zero-order chi connectivity index (χ0) is 10.1. The van der Waals surface area contributed by atoms with E-state index in [1.54, 1.807) is 6.08 Å². The summed E-state index contributed by atoms with van der Waals surface area (Å²) >= 11 is 0. The molecule has 0 aliphatic carbocycles. The van der Waals surface area contributed by atoms with Crippen molar-refractivity contribution in [3.63, 3.8) is 0 Å². The van der Waals surface area contributed by atoms with Crippen molar-refractivity contribution < 1.29 is 14.4 Å². The van der Waals surface area contributed by atoms with Crippen LogP contribution in [-0.4, -0.2) is 22.6 Å². The van der Waals surface area contributed by atoms with Crippen molar-refractivity contribution in [2.75, 3.05) is 0 Å². The maximum absolute atomic E-state index is 11.0. The Labute approximate surface area is 76.9 Å². The molecule has 0 aromatic carbocycles. The molecule has 70 valence electrons. The van der Waals surface area contributed by atoms with E-state index in [-0.39, 0.29) is 24.4 Å². The molecule has 0 saturated heterocycles. The van der Waals surface area contributed by atoms with Gasteiger partial charge >= 0.3 is 6.21 Å². The molecule has 0 heterocycles. The number of allylic oxidation sites excluding steroid dienone is 1. The fraction of sp³-hybridized carbons (Fsp3) is 0.444. The summed E-state index contributed by atoms with van der Waals surface area (Å²) in [6, 6.07) is 0. The molecule has 0 aromatic heterocycles. The van der Waals surface area contributed by atoms with Crippen LogP contribution in [0.3, 0.4) is 0 Å². The van der Waals surface area contributed by atoms with E-state index in [9.17, 15) is 9.59 Å². The third-order valence-electron chi connectivity index (χ3n) is 1.48. The number of nitrogens with zero attached hydrogens (tertiary/aromatic N) is 2. The van der Waals surface area contributed by atoms with Crippen molar-refractivity contribution in [3.8, 4) is 0 Å². The van der Waals surface area contributed by atoms with Crippen molar-refractivity contribution in [2.45, 2.75) is 25.7 Å². The van der Waals surface area contributed by atoms with E-state index < -0.39 is 0 Å². The molecule has 0 fully saturated rings.